The van der Waals surface area contributed by atoms with Crippen LogP contribution in [0.15, 0.2) is 48.1 Å². The summed E-state index contributed by atoms with van der Waals surface area (Å²) >= 11 is 0. The lowest BCUT2D eigenvalue weighted by Gasteiger charge is -2.11. The summed E-state index contributed by atoms with van der Waals surface area (Å²) in [6, 6.07) is 10.0. The number of benzene rings is 1. The molecule has 0 saturated heterocycles. The first-order valence-corrected chi connectivity index (χ1v) is 5.23. The normalized spacial score (nSPS) is 11.2. The molecule has 0 heterocycles. The van der Waals surface area contributed by atoms with E-state index in [-0.39, 0.29) is 0 Å². The molecule has 3 nitrogen and oxygen atoms in total. The van der Waals surface area contributed by atoms with E-state index in [2.05, 4.69) is 11.7 Å². The van der Waals surface area contributed by atoms with Crippen molar-refractivity contribution in [1.29, 1.82) is 0 Å². The van der Waals surface area contributed by atoms with Gasteiger partial charge in [-0.1, -0.05) is 36.4 Å². The van der Waals surface area contributed by atoms with Gasteiger partial charge in [0.15, 0.2) is 0 Å². The van der Waals surface area contributed by atoms with Gasteiger partial charge in [-0.05, 0) is 0 Å². The van der Waals surface area contributed by atoms with Gasteiger partial charge in [0.1, 0.15) is 0 Å². The molecule has 3 heteroatoms. The molecule has 1 rings (SSSR count). The Morgan fingerprint density at radius 2 is 2.06 bits per heavy atom. The molecule has 0 saturated carbocycles. The van der Waals surface area contributed by atoms with E-state index in [9.17, 15) is 0 Å². The molecule has 1 aromatic rings. The van der Waals surface area contributed by atoms with E-state index in [1.54, 1.807) is 11.1 Å². The van der Waals surface area contributed by atoms with E-state index in [1.165, 1.54) is 0 Å². The van der Waals surface area contributed by atoms with Crippen LogP contribution in [0.2, 0.25) is 0 Å². The first kappa shape index (κ1) is 12.5. The van der Waals surface area contributed by atoms with Crippen molar-refractivity contribution in [3.05, 3.63) is 48.6 Å². The van der Waals surface area contributed by atoms with E-state index in [0.717, 1.165) is 11.3 Å². The van der Waals surface area contributed by atoms with E-state index in [0.29, 0.717) is 13.2 Å². The second kappa shape index (κ2) is 6.80. The third-order valence-corrected chi connectivity index (χ3v) is 1.90. The Morgan fingerprint density at radius 3 is 2.62 bits per heavy atom. The van der Waals surface area contributed by atoms with Gasteiger partial charge in [0.05, 0.1) is 18.9 Å². The van der Waals surface area contributed by atoms with Gasteiger partial charge in [-0.3, -0.25) is 0 Å². The zero-order valence-corrected chi connectivity index (χ0v) is 9.89. The van der Waals surface area contributed by atoms with Crippen LogP contribution in [0, 0.1) is 0 Å². The lowest BCUT2D eigenvalue weighted by molar-refractivity contribution is 0.203. The van der Waals surface area contributed by atoms with Crippen molar-refractivity contribution in [3.63, 3.8) is 0 Å². The highest BCUT2D eigenvalue weighted by Gasteiger charge is 2.03. The molecular weight excluding hydrogens is 200 g/mol. The number of hydrogen-bond acceptors (Lipinski definition) is 3. The Balaban J connectivity index is 2.76. The maximum absolute atomic E-state index is 5.42. The standard InChI is InChI=1S/C13H18N2O/c1-4-10-16-11-13(14-15(2)3)12-8-6-5-7-9-12/h4-9H,1,10-11H2,2-3H3/b14-13-. The van der Waals surface area contributed by atoms with Gasteiger partial charge >= 0.3 is 0 Å². The fourth-order valence-corrected chi connectivity index (χ4v) is 1.28. The fraction of sp³-hybridized carbons (Fsp3) is 0.308. The minimum Gasteiger partial charge on any atom is -0.371 e. The minimum absolute atomic E-state index is 0.494. The summed E-state index contributed by atoms with van der Waals surface area (Å²) in [5, 5.41) is 6.19. The van der Waals surface area contributed by atoms with Crippen LogP contribution in [0.4, 0.5) is 0 Å². The first-order chi connectivity index (χ1) is 7.74. The SMILES string of the molecule is C=CCOC/C(=N/N(C)C)c1ccccc1. The summed E-state index contributed by atoms with van der Waals surface area (Å²) in [5.41, 5.74) is 2.01. The predicted molar refractivity (Wildman–Crippen MR) is 67.7 cm³/mol. The van der Waals surface area contributed by atoms with Gasteiger partial charge in [-0.15, -0.1) is 6.58 Å². The molecular formula is C13H18N2O. The molecule has 1 aromatic carbocycles. The van der Waals surface area contributed by atoms with Crippen LogP contribution in [0.25, 0.3) is 0 Å². The first-order valence-electron chi connectivity index (χ1n) is 5.23. The second-order valence-electron chi connectivity index (χ2n) is 3.56. The number of nitrogens with zero attached hydrogens (tertiary/aromatic N) is 2. The topological polar surface area (TPSA) is 24.8 Å². The zero-order valence-electron chi connectivity index (χ0n) is 9.89. The summed E-state index contributed by atoms with van der Waals surface area (Å²) in [5.74, 6) is 0. The molecule has 86 valence electrons. The second-order valence-corrected chi connectivity index (χ2v) is 3.56. The average Bonchev–Trinajstić information content (AvgIpc) is 2.29. The maximum Gasteiger partial charge on any atom is 0.0934 e. The van der Waals surface area contributed by atoms with E-state index < -0.39 is 0 Å². The molecule has 0 fully saturated rings. The summed E-state index contributed by atoms with van der Waals surface area (Å²) in [6.07, 6.45) is 1.73. The quantitative estimate of drug-likeness (QED) is 0.316. The van der Waals surface area contributed by atoms with Crippen molar-refractivity contribution in [1.82, 2.24) is 5.01 Å². The third-order valence-electron chi connectivity index (χ3n) is 1.90. The summed E-state index contributed by atoms with van der Waals surface area (Å²) < 4.78 is 5.42. The van der Waals surface area contributed by atoms with Crippen LogP contribution in [0.1, 0.15) is 5.56 Å². The molecule has 0 radical (unpaired) electrons. The Morgan fingerprint density at radius 1 is 1.38 bits per heavy atom. The fourth-order valence-electron chi connectivity index (χ4n) is 1.28. The predicted octanol–water partition coefficient (Wildman–Crippen LogP) is 2.15. The largest absolute Gasteiger partial charge is 0.371 e. The molecule has 0 aliphatic rings. The smallest absolute Gasteiger partial charge is 0.0934 e. The highest BCUT2D eigenvalue weighted by Crippen LogP contribution is 2.02. The van der Waals surface area contributed by atoms with Gasteiger partial charge < -0.3 is 9.75 Å². The van der Waals surface area contributed by atoms with Crippen LogP contribution in [-0.4, -0.2) is 38.0 Å². The maximum atomic E-state index is 5.42. The van der Waals surface area contributed by atoms with Gasteiger partial charge in [-0.2, -0.15) is 5.10 Å². The average molecular weight is 218 g/mol. The van der Waals surface area contributed by atoms with Gasteiger partial charge in [0, 0.05) is 19.7 Å². The molecule has 0 aliphatic heterocycles. The Hall–Kier alpha value is -1.61. The van der Waals surface area contributed by atoms with Crippen LogP contribution in [0.5, 0.6) is 0 Å². The van der Waals surface area contributed by atoms with Crippen molar-refractivity contribution in [2.75, 3.05) is 27.3 Å². The molecule has 0 amide bonds. The zero-order chi connectivity index (χ0) is 11.8. The molecule has 0 N–H and O–H groups in total. The van der Waals surface area contributed by atoms with Crippen molar-refractivity contribution in [2.24, 2.45) is 5.10 Å². The lowest BCUT2D eigenvalue weighted by atomic mass is 10.1. The molecule has 0 bridgehead atoms. The number of rotatable bonds is 6. The minimum atomic E-state index is 0.494. The van der Waals surface area contributed by atoms with Crippen LogP contribution in [-0.2, 0) is 4.74 Å². The van der Waals surface area contributed by atoms with E-state index in [4.69, 9.17) is 4.74 Å². The van der Waals surface area contributed by atoms with Gasteiger partial charge in [0.2, 0.25) is 0 Å². The van der Waals surface area contributed by atoms with Crippen molar-refractivity contribution >= 4 is 5.71 Å². The lowest BCUT2D eigenvalue weighted by Crippen LogP contribution is -2.16. The highest BCUT2D eigenvalue weighted by molar-refractivity contribution is 6.01. The number of ether oxygens (including phenoxy) is 1. The number of hydrazone groups is 1. The number of hydrogen-bond donors (Lipinski definition) is 0. The molecule has 16 heavy (non-hydrogen) atoms. The molecule has 0 aromatic heterocycles. The van der Waals surface area contributed by atoms with Gasteiger partial charge in [-0.25, -0.2) is 0 Å². The third kappa shape index (κ3) is 4.28. The van der Waals surface area contributed by atoms with Crippen molar-refractivity contribution in [3.8, 4) is 0 Å². The van der Waals surface area contributed by atoms with Crippen molar-refractivity contribution in [2.45, 2.75) is 0 Å². The molecule has 0 atom stereocenters. The summed E-state index contributed by atoms with van der Waals surface area (Å²) in [4.78, 5) is 0. The van der Waals surface area contributed by atoms with Crippen LogP contribution in [0.3, 0.4) is 0 Å². The Bertz CT molecular complexity index is 344. The van der Waals surface area contributed by atoms with Crippen molar-refractivity contribution < 1.29 is 4.74 Å². The van der Waals surface area contributed by atoms with E-state index in [1.807, 2.05) is 44.4 Å². The Kier molecular flexibility index (Phi) is 5.29. The van der Waals surface area contributed by atoms with Gasteiger partial charge in [0.25, 0.3) is 0 Å². The molecule has 0 aliphatic carbocycles. The highest BCUT2D eigenvalue weighted by atomic mass is 16.5. The monoisotopic (exact) mass is 218 g/mol. The Labute approximate surface area is 97.0 Å². The van der Waals surface area contributed by atoms with E-state index >= 15 is 0 Å². The van der Waals surface area contributed by atoms with Crippen LogP contribution >= 0.6 is 0 Å². The summed E-state index contributed by atoms with van der Waals surface area (Å²) in [7, 11) is 3.80. The molecule has 0 unspecified atom stereocenters. The summed E-state index contributed by atoms with van der Waals surface area (Å²) in [6.45, 7) is 4.65. The molecule has 0 spiro atoms. The van der Waals surface area contributed by atoms with Crippen LogP contribution < -0.4 is 0 Å².